The van der Waals surface area contributed by atoms with E-state index in [0.29, 0.717) is 11.8 Å². The Balaban J connectivity index is 2.20. The fourth-order valence-electron chi connectivity index (χ4n) is 5.17. The van der Waals surface area contributed by atoms with Gasteiger partial charge in [-0.25, -0.2) is 0 Å². The third-order valence-electron chi connectivity index (χ3n) is 7.33. The molecule has 0 aromatic carbocycles. The summed E-state index contributed by atoms with van der Waals surface area (Å²) in [4.78, 5) is 15.4. The Morgan fingerprint density at radius 2 is 0.903 bits per heavy atom. The van der Waals surface area contributed by atoms with Gasteiger partial charge >= 0.3 is 0 Å². The van der Waals surface area contributed by atoms with Crippen LogP contribution in [0.25, 0.3) is 0 Å². The van der Waals surface area contributed by atoms with E-state index in [-0.39, 0.29) is 0 Å². The Hall–Kier alpha value is -0.530. The molecule has 31 heavy (non-hydrogen) atoms. The number of amides is 1. The van der Waals surface area contributed by atoms with Gasteiger partial charge in [-0.3, -0.25) is 4.79 Å². The number of unbranched alkanes of at least 4 members (excludes halogenated alkanes) is 16. The molecule has 0 aliphatic heterocycles. The van der Waals surface area contributed by atoms with Crippen LogP contribution in [-0.2, 0) is 4.79 Å². The second kappa shape index (κ2) is 21.3. The van der Waals surface area contributed by atoms with Gasteiger partial charge in [-0.2, -0.15) is 0 Å². The van der Waals surface area contributed by atoms with Gasteiger partial charge in [-0.15, -0.1) is 0 Å². The monoisotopic (exact) mass is 435 g/mol. The van der Waals surface area contributed by atoms with Crippen LogP contribution < -0.4 is 0 Å². The van der Waals surface area contributed by atoms with Crippen molar-refractivity contribution in [3.63, 3.8) is 0 Å². The number of carbonyl (C=O) groups excluding carboxylic acids is 1. The normalized spacial score (nSPS) is 14.8. The first-order valence-corrected chi connectivity index (χ1v) is 14.6. The van der Waals surface area contributed by atoms with Crippen LogP contribution in [0, 0.1) is 5.92 Å². The van der Waals surface area contributed by atoms with E-state index in [4.69, 9.17) is 0 Å². The van der Waals surface area contributed by atoms with Crippen molar-refractivity contribution in [3.05, 3.63) is 0 Å². The van der Waals surface area contributed by atoms with E-state index in [2.05, 4.69) is 18.7 Å². The van der Waals surface area contributed by atoms with Crippen LogP contribution in [0.3, 0.4) is 0 Å². The van der Waals surface area contributed by atoms with Crippen molar-refractivity contribution in [2.24, 2.45) is 5.92 Å². The number of nitrogens with zero attached hydrogens (tertiary/aromatic N) is 1. The maximum absolute atomic E-state index is 13.2. The Labute approximate surface area is 196 Å². The molecule has 0 spiro atoms. The molecule has 1 saturated carbocycles. The summed E-state index contributed by atoms with van der Waals surface area (Å²) in [5, 5.41) is 0. The third-order valence-corrected chi connectivity index (χ3v) is 7.33. The molecule has 0 aromatic heterocycles. The van der Waals surface area contributed by atoms with Crippen LogP contribution in [0.2, 0.25) is 0 Å². The van der Waals surface area contributed by atoms with Gasteiger partial charge in [-0.05, 0) is 25.7 Å². The third kappa shape index (κ3) is 15.8. The molecule has 0 heterocycles. The molecule has 1 rings (SSSR count). The summed E-state index contributed by atoms with van der Waals surface area (Å²) in [6.45, 7) is 6.61. The van der Waals surface area contributed by atoms with Gasteiger partial charge in [0.15, 0.2) is 0 Å². The van der Waals surface area contributed by atoms with Gasteiger partial charge in [0, 0.05) is 19.0 Å². The lowest BCUT2D eigenvalue weighted by Crippen LogP contribution is -2.38. The zero-order valence-electron chi connectivity index (χ0n) is 21.6. The molecule has 2 heteroatoms. The van der Waals surface area contributed by atoms with Crippen molar-refractivity contribution in [1.29, 1.82) is 0 Å². The molecule has 1 aliphatic rings. The molecule has 0 aromatic rings. The predicted octanol–water partition coefficient (Wildman–Crippen LogP) is 9.46. The molecule has 0 N–H and O–H groups in total. The summed E-state index contributed by atoms with van der Waals surface area (Å²) in [6, 6.07) is 0. The molecule has 1 aliphatic carbocycles. The summed E-state index contributed by atoms with van der Waals surface area (Å²) in [7, 11) is 0. The summed E-state index contributed by atoms with van der Waals surface area (Å²) >= 11 is 0. The van der Waals surface area contributed by atoms with Gasteiger partial charge in [-0.1, -0.05) is 136 Å². The largest absolute Gasteiger partial charge is 0.342 e. The number of hydrogen-bond acceptors (Lipinski definition) is 1. The molecule has 0 unspecified atom stereocenters. The first-order valence-electron chi connectivity index (χ1n) is 14.6. The zero-order chi connectivity index (χ0) is 22.4. The highest BCUT2D eigenvalue weighted by molar-refractivity contribution is 5.78. The first-order chi connectivity index (χ1) is 15.3. The fraction of sp³-hybridized carbons (Fsp3) is 0.966. The summed E-state index contributed by atoms with van der Waals surface area (Å²) in [6.07, 6.45) is 30.6. The molecule has 0 bridgehead atoms. The maximum atomic E-state index is 13.2. The predicted molar refractivity (Wildman–Crippen MR) is 138 cm³/mol. The summed E-state index contributed by atoms with van der Waals surface area (Å²) < 4.78 is 0. The summed E-state index contributed by atoms with van der Waals surface area (Å²) in [5.41, 5.74) is 0. The minimum Gasteiger partial charge on any atom is -0.342 e. The number of hydrogen-bond donors (Lipinski definition) is 0. The average molecular weight is 436 g/mol. The molecule has 0 atom stereocenters. The second-order valence-corrected chi connectivity index (χ2v) is 10.3. The van der Waals surface area contributed by atoms with Crippen molar-refractivity contribution in [1.82, 2.24) is 4.90 Å². The van der Waals surface area contributed by atoms with Crippen molar-refractivity contribution in [3.8, 4) is 0 Å². The van der Waals surface area contributed by atoms with E-state index in [1.807, 2.05) is 0 Å². The second-order valence-electron chi connectivity index (χ2n) is 10.3. The van der Waals surface area contributed by atoms with Crippen LogP contribution >= 0.6 is 0 Å². The van der Waals surface area contributed by atoms with E-state index >= 15 is 0 Å². The van der Waals surface area contributed by atoms with Crippen molar-refractivity contribution >= 4 is 5.91 Å². The first kappa shape index (κ1) is 28.5. The van der Waals surface area contributed by atoms with Crippen LogP contribution in [0.1, 0.15) is 162 Å². The van der Waals surface area contributed by atoms with Crippen molar-refractivity contribution < 1.29 is 4.79 Å². The zero-order valence-corrected chi connectivity index (χ0v) is 21.6. The molecule has 0 saturated heterocycles. The minimum absolute atomic E-state index is 0.339. The quantitative estimate of drug-likeness (QED) is 0.164. The van der Waals surface area contributed by atoms with E-state index in [1.165, 1.54) is 135 Å². The minimum atomic E-state index is 0.339. The number of carbonyl (C=O) groups is 1. The van der Waals surface area contributed by atoms with Gasteiger partial charge in [0.1, 0.15) is 0 Å². The smallest absolute Gasteiger partial charge is 0.225 e. The molecule has 1 fully saturated rings. The topological polar surface area (TPSA) is 20.3 Å². The van der Waals surface area contributed by atoms with Crippen LogP contribution in [0.4, 0.5) is 0 Å². The Morgan fingerprint density at radius 3 is 1.29 bits per heavy atom. The standard InChI is InChI=1S/C29H57NO/c1-3-5-7-9-11-13-15-17-22-26-30(29(31)28-24-20-19-21-25-28)27-23-18-16-14-12-10-8-6-4-2/h28H,3-27H2,1-2H3. The fourth-order valence-corrected chi connectivity index (χ4v) is 5.17. The lowest BCUT2D eigenvalue weighted by molar-refractivity contribution is -0.136. The summed E-state index contributed by atoms with van der Waals surface area (Å²) in [5.74, 6) is 0.838. The lowest BCUT2D eigenvalue weighted by Gasteiger charge is -2.29. The molecule has 2 nitrogen and oxygen atoms in total. The highest BCUT2D eigenvalue weighted by Gasteiger charge is 2.25. The van der Waals surface area contributed by atoms with Gasteiger partial charge in [0.2, 0.25) is 5.91 Å². The maximum Gasteiger partial charge on any atom is 0.225 e. The SMILES string of the molecule is CCCCCCCCCCCN(CCCCCCCCCCC)C(=O)C1CCCCC1. The van der Waals surface area contributed by atoms with Crippen molar-refractivity contribution in [2.75, 3.05) is 13.1 Å². The highest BCUT2D eigenvalue weighted by Crippen LogP contribution is 2.26. The van der Waals surface area contributed by atoms with Crippen LogP contribution in [0.5, 0.6) is 0 Å². The van der Waals surface area contributed by atoms with Gasteiger partial charge < -0.3 is 4.90 Å². The molecular formula is C29H57NO. The molecule has 184 valence electrons. The molecular weight excluding hydrogens is 378 g/mol. The molecule has 0 radical (unpaired) electrons. The highest BCUT2D eigenvalue weighted by atomic mass is 16.2. The Morgan fingerprint density at radius 1 is 0.548 bits per heavy atom. The van der Waals surface area contributed by atoms with E-state index in [9.17, 15) is 4.79 Å². The van der Waals surface area contributed by atoms with Gasteiger partial charge in [0.05, 0.1) is 0 Å². The Kier molecular flexibility index (Phi) is 19.6. The lowest BCUT2D eigenvalue weighted by atomic mass is 9.88. The average Bonchev–Trinajstić information content (AvgIpc) is 2.80. The van der Waals surface area contributed by atoms with Crippen LogP contribution in [0.15, 0.2) is 0 Å². The van der Waals surface area contributed by atoms with Crippen LogP contribution in [-0.4, -0.2) is 23.9 Å². The van der Waals surface area contributed by atoms with E-state index < -0.39 is 0 Å². The van der Waals surface area contributed by atoms with Gasteiger partial charge in [0.25, 0.3) is 0 Å². The van der Waals surface area contributed by atoms with E-state index in [0.717, 1.165) is 25.9 Å². The molecule has 1 amide bonds. The Bertz CT molecular complexity index is 366. The number of rotatable bonds is 21. The van der Waals surface area contributed by atoms with E-state index in [1.54, 1.807) is 0 Å². The van der Waals surface area contributed by atoms with Crippen molar-refractivity contribution in [2.45, 2.75) is 162 Å².